The Morgan fingerprint density at radius 1 is 1.41 bits per heavy atom. The molecular formula is C14H16N2O5S. The van der Waals surface area contributed by atoms with E-state index in [0.29, 0.717) is 18.6 Å². The van der Waals surface area contributed by atoms with E-state index in [9.17, 15) is 13.2 Å². The zero-order chi connectivity index (χ0) is 16.2. The van der Waals surface area contributed by atoms with Crippen LogP contribution in [0.5, 0.6) is 0 Å². The Morgan fingerprint density at radius 2 is 2.09 bits per heavy atom. The SMILES string of the molecule is N#CCc1ccc(S(=O)(=O)NC2(CC(=O)O)CCOC2)cc1. The van der Waals surface area contributed by atoms with Crippen molar-refractivity contribution in [3.05, 3.63) is 29.8 Å². The van der Waals surface area contributed by atoms with Gasteiger partial charge in [0.2, 0.25) is 10.0 Å². The van der Waals surface area contributed by atoms with Crippen molar-refractivity contribution >= 4 is 16.0 Å². The lowest BCUT2D eigenvalue weighted by atomic mass is 9.96. The van der Waals surface area contributed by atoms with Crippen LogP contribution >= 0.6 is 0 Å². The van der Waals surface area contributed by atoms with Crippen molar-refractivity contribution in [1.82, 2.24) is 4.72 Å². The molecule has 0 spiro atoms. The van der Waals surface area contributed by atoms with Gasteiger partial charge in [0, 0.05) is 6.61 Å². The molecule has 0 radical (unpaired) electrons. The predicted molar refractivity (Wildman–Crippen MR) is 76.5 cm³/mol. The average Bonchev–Trinajstić information content (AvgIpc) is 2.86. The maximum Gasteiger partial charge on any atom is 0.305 e. The molecule has 2 N–H and O–H groups in total. The Balaban J connectivity index is 2.22. The number of sulfonamides is 1. The maximum atomic E-state index is 12.4. The summed E-state index contributed by atoms with van der Waals surface area (Å²) in [6, 6.07) is 7.91. The Labute approximate surface area is 128 Å². The Kier molecular flexibility index (Phi) is 4.81. The monoisotopic (exact) mass is 324 g/mol. The van der Waals surface area contributed by atoms with Gasteiger partial charge in [-0.2, -0.15) is 5.26 Å². The molecule has 0 aliphatic carbocycles. The second kappa shape index (κ2) is 6.44. The largest absolute Gasteiger partial charge is 0.481 e. The molecule has 1 fully saturated rings. The van der Waals surface area contributed by atoms with Crippen molar-refractivity contribution in [2.45, 2.75) is 29.7 Å². The molecule has 2 rings (SSSR count). The van der Waals surface area contributed by atoms with Crippen LogP contribution in [0.25, 0.3) is 0 Å². The van der Waals surface area contributed by atoms with Gasteiger partial charge >= 0.3 is 5.97 Å². The highest BCUT2D eigenvalue weighted by Crippen LogP contribution is 2.25. The molecule has 1 unspecified atom stereocenters. The summed E-state index contributed by atoms with van der Waals surface area (Å²) in [5, 5.41) is 17.6. The van der Waals surface area contributed by atoms with E-state index in [1.54, 1.807) is 12.1 Å². The van der Waals surface area contributed by atoms with E-state index < -0.39 is 21.5 Å². The van der Waals surface area contributed by atoms with Crippen LogP contribution in [0.4, 0.5) is 0 Å². The summed E-state index contributed by atoms with van der Waals surface area (Å²) in [4.78, 5) is 11.0. The van der Waals surface area contributed by atoms with Crippen LogP contribution in [0.2, 0.25) is 0 Å². The summed E-state index contributed by atoms with van der Waals surface area (Å²) in [6.07, 6.45) is 0.175. The standard InChI is InChI=1S/C14H16N2O5S/c15-7-5-11-1-3-12(4-2-11)22(19,20)16-14(9-13(17)18)6-8-21-10-14/h1-4,16H,5-6,8-10H2,(H,17,18). The number of carboxylic acids is 1. The number of aliphatic carboxylic acids is 1. The summed E-state index contributed by atoms with van der Waals surface area (Å²) in [7, 11) is -3.86. The van der Waals surface area contributed by atoms with Gasteiger partial charge < -0.3 is 9.84 Å². The molecule has 22 heavy (non-hydrogen) atoms. The van der Waals surface area contributed by atoms with E-state index in [4.69, 9.17) is 15.1 Å². The Hall–Kier alpha value is -1.95. The second-order valence-electron chi connectivity index (χ2n) is 5.24. The van der Waals surface area contributed by atoms with Crippen molar-refractivity contribution in [1.29, 1.82) is 5.26 Å². The van der Waals surface area contributed by atoms with Gasteiger partial charge in [0.25, 0.3) is 0 Å². The Morgan fingerprint density at radius 3 is 2.59 bits per heavy atom. The van der Waals surface area contributed by atoms with Gasteiger partial charge in [-0.15, -0.1) is 0 Å². The van der Waals surface area contributed by atoms with Crippen LogP contribution in [0, 0.1) is 11.3 Å². The predicted octanol–water partition coefficient (Wildman–Crippen LogP) is 0.665. The fourth-order valence-corrected chi connectivity index (χ4v) is 3.79. The summed E-state index contributed by atoms with van der Waals surface area (Å²) >= 11 is 0. The number of carbonyl (C=O) groups is 1. The van der Waals surface area contributed by atoms with Crippen molar-refractivity contribution in [2.24, 2.45) is 0 Å². The van der Waals surface area contributed by atoms with Crippen molar-refractivity contribution in [2.75, 3.05) is 13.2 Å². The van der Waals surface area contributed by atoms with Gasteiger partial charge in [-0.05, 0) is 24.1 Å². The molecule has 118 valence electrons. The Bertz CT molecular complexity index is 685. The molecule has 1 aromatic rings. The first-order valence-electron chi connectivity index (χ1n) is 6.66. The van der Waals surface area contributed by atoms with E-state index in [2.05, 4.69) is 4.72 Å². The number of nitrogens with zero attached hydrogens (tertiary/aromatic N) is 1. The van der Waals surface area contributed by atoms with E-state index >= 15 is 0 Å². The molecule has 1 heterocycles. The highest BCUT2D eigenvalue weighted by atomic mass is 32.2. The van der Waals surface area contributed by atoms with Gasteiger partial charge in [-0.3, -0.25) is 4.79 Å². The zero-order valence-corrected chi connectivity index (χ0v) is 12.6. The van der Waals surface area contributed by atoms with Crippen LogP contribution in [-0.4, -0.2) is 38.2 Å². The molecule has 0 bridgehead atoms. The second-order valence-corrected chi connectivity index (χ2v) is 6.92. The topological polar surface area (TPSA) is 116 Å². The van der Waals surface area contributed by atoms with Gasteiger partial charge in [-0.1, -0.05) is 12.1 Å². The highest BCUT2D eigenvalue weighted by molar-refractivity contribution is 7.89. The molecule has 8 heteroatoms. The van der Waals surface area contributed by atoms with Gasteiger partial charge in [0.05, 0.1) is 36.0 Å². The van der Waals surface area contributed by atoms with Crippen molar-refractivity contribution < 1.29 is 23.1 Å². The third-order valence-electron chi connectivity index (χ3n) is 3.46. The number of carboxylic acid groups (broad SMARTS) is 1. The van der Waals surface area contributed by atoms with Crippen molar-refractivity contribution in [3.8, 4) is 6.07 Å². The van der Waals surface area contributed by atoms with Gasteiger partial charge in [0.1, 0.15) is 0 Å². The van der Waals surface area contributed by atoms with E-state index in [-0.39, 0.29) is 24.3 Å². The minimum absolute atomic E-state index is 0.0328. The molecule has 0 saturated carbocycles. The van der Waals surface area contributed by atoms with Crippen molar-refractivity contribution in [3.63, 3.8) is 0 Å². The quantitative estimate of drug-likeness (QED) is 0.794. The number of hydrogen-bond donors (Lipinski definition) is 2. The van der Waals surface area contributed by atoms with Crippen LogP contribution in [-0.2, 0) is 26.0 Å². The fraction of sp³-hybridized carbons (Fsp3) is 0.429. The zero-order valence-electron chi connectivity index (χ0n) is 11.8. The first kappa shape index (κ1) is 16.4. The average molecular weight is 324 g/mol. The third kappa shape index (κ3) is 3.82. The first-order valence-corrected chi connectivity index (χ1v) is 8.15. The minimum Gasteiger partial charge on any atom is -0.481 e. The smallest absolute Gasteiger partial charge is 0.305 e. The summed E-state index contributed by atoms with van der Waals surface area (Å²) in [6.45, 7) is 0.349. The number of benzene rings is 1. The third-order valence-corrected chi connectivity index (χ3v) is 5.06. The lowest BCUT2D eigenvalue weighted by Crippen LogP contribution is -2.50. The number of hydrogen-bond acceptors (Lipinski definition) is 5. The van der Waals surface area contributed by atoms with Crippen LogP contribution in [0.1, 0.15) is 18.4 Å². The van der Waals surface area contributed by atoms with E-state index in [1.165, 1.54) is 12.1 Å². The number of nitriles is 1. The molecule has 0 aromatic heterocycles. The van der Waals surface area contributed by atoms with Crippen LogP contribution < -0.4 is 4.72 Å². The molecule has 7 nitrogen and oxygen atoms in total. The molecule has 1 atom stereocenters. The minimum atomic E-state index is -3.86. The molecule has 1 aromatic carbocycles. The van der Waals surface area contributed by atoms with Crippen LogP contribution in [0.3, 0.4) is 0 Å². The van der Waals surface area contributed by atoms with E-state index in [0.717, 1.165) is 0 Å². The first-order chi connectivity index (χ1) is 10.4. The van der Waals surface area contributed by atoms with Crippen LogP contribution in [0.15, 0.2) is 29.2 Å². The summed E-state index contributed by atoms with van der Waals surface area (Å²) in [5.74, 6) is -1.09. The lowest BCUT2D eigenvalue weighted by molar-refractivity contribution is -0.138. The van der Waals surface area contributed by atoms with E-state index in [1.807, 2.05) is 6.07 Å². The summed E-state index contributed by atoms with van der Waals surface area (Å²) in [5.41, 5.74) is -0.401. The molecular weight excluding hydrogens is 308 g/mol. The molecule has 0 amide bonds. The number of ether oxygens (including phenoxy) is 1. The highest BCUT2D eigenvalue weighted by Gasteiger charge is 2.41. The van der Waals surface area contributed by atoms with Gasteiger partial charge in [0.15, 0.2) is 0 Å². The molecule has 1 saturated heterocycles. The van der Waals surface area contributed by atoms with Gasteiger partial charge in [-0.25, -0.2) is 13.1 Å². The lowest BCUT2D eigenvalue weighted by Gasteiger charge is -2.26. The normalized spacial score (nSPS) is 21.4. The number of nitrogens with one attached hydrogen (secondary N) is 1. The fourth-order valence-electron chi connectivity index (χ4n) is 2.37. The molecule has 1 aliphatic heterocycles. The summed E-state index contributed by atoms with van der Waals surface area (Å²) < 4.78 is 32.5. The number of rotatable bonds is 6. The maximum absolute atomic E-state index is 12.4. The molecule has 1 aliphatic rings.